The first kappa shape index (κ1) is 26.4. The van der Waals surface area contributed by atoms with E-state index in [0.717, 1.165) is 28.0 Å². The van der Waals surface area contributed by atoms with Crippen molar-refractivity contribution in [1.82, 2.24) is 19.9 Å². The number of methoxy groups -OCH3 is 1. The highest BCUT2D eigenvalue weighted by atomic mass is 127. The highest BCUT2D eigenvalue weighted by Gasteiger charge is 2.25. The molecule has 2 heterocycles. The standard InChI is InChI=1S/C23H24ClN7O3.HI/c1-30-17-11-14(13-3-6-15(32)7-4-13)5-8-16(17)31(9-10-34-2)18(30)12-27-23(33)19-21(25)29-22(26)20(24)28-19;/h3-8,11H,9-10,12H2,1-2H3,(H5-,25,26,27,29,32,33);1H. The van der Waals surface area contributed by atoms with Crippen LogP contribution in [0.5, 0.6) is 5.75 Å². The summed E-state index contributed by atoms with van der Waals surface area (Å²) in [7, 11) is 3.57. The fourth-order valence-electron chi connectivity index (χ4n) is 3.81. The Morgan fingerprint density at radius 2 is 1.83 bits per heavy atom. The van der Waals surface area contributed by atoms with Crippen LogP contribution < -0.4 is 45.3 Å². The monoisotopic (exact) mass is 609 g/mol. The second kappa shape index (κ2) is 11.1. The van der Waals surface area contributed by atoms with Crippen molar-refractivity contribution in [3.8, 4) is 16.9 Å². The highest BCUT2D eigenvalue weighted by molar-refractivity contribution is 6.31. The van der Waals surface area contributed by atoms with Crippen molar-refractivity contribution in [2.75, 3.05) is 25.2 Å². The number of carbonyl (C=O) groups is 1. The van der Waals surface area contributed by atoms with Gasteiger partial charge in [-0.15, -0.1) is 0 Å². The maximum absolute atomic E-state index is 12.8. The molecule has 0 unspecified atom stereocenters. The molecule has 0 spiro atoms. The van der Waals surface area contributed by atoms with E-state index in [-0.39, 0.29) is 58.8 Å². The van der Waals surface area contributed by atoms with Crippen LogP contribution in [-0.4, -0.2) is 39.3 Å². The van der Waals surface area contributed by atoms with Gasteiger partial charge in [0.1, 0.15) is 18.8 Å². The van der Waals surface area contributed by atoms with Crippen LogP contribution in [0.25, 0.3) is 22.2 Å². The highest BCUT2D eigenvalue weighted by Crippen LogP contribution is 2.26. The van der Waals surface area contributed by atoms with Crippen molar-refractivity contribution in [3.63, 3.8) is 0 Å². The number of aromatic nitrogens is 4. The Kier molecular flexibility index (Phi) is 8.35. The molecule has 1 amide bonds. The normalized spacial score (nSPS) is 10.8. The summed E-state index contributed by atoms with van der Waals surface area (Å²) in [6.45, 7) is 1.29. The summed E-state index contributed by atoms with van der Waals surface area (Å²) in [5.41, 5.74) is 15.3. The molecule has 0 aliphatic rings. The first-order chi connectivity index (χ1) is 16.3. The molecule has 184 valence electrons. The van der Waals surface area contributed by atoms with E-state index < -0.39 is 5.91 Å². The lowest BCUT2D eigenvalue weighted by molar-refractivity contribution is -0.681. The molecule has 2 aromatic carbocycles. The van der Waals surface area contributed by atoms with Gasteiger partial charge in [0.15, 0.2) is 33.5 Å². The second-order valence-electron chi connectivity index (χ2n) is 7.69. The Morgan fingerprint density at radius 1 is 1.14 bits per heavy atom. The van der Waals surface area contributed by atoms with Crippen molar-refractivity contribution in [2.24, 2.45) is 7.05 Å². The topological polar surface area (TPSA) is 145 Å². The number of phenolic OH excluding ortho intramolecular Hbond substituents is 1. The number of carbonyl (C=O) groups excluding carboxylic acids is 1. The largest absolute Gasteiger partial charge is 1.00 e. The van der Waals surface area contributed by atoms with Gasteiger partial charge >= 0.3 is 0 Å². The Morgan fingerprint density at radius 3 is 2.51 bits per heavy atom. The van der Waals surface area contributed by atoms with Gasteiger partial charge in [-0.1, -0.05) is 23.7 Å². The molecule has 35 heavy (non-hydrogen) atoms. The summed E-state index contributed by atoms with van der Waals surface area (Å²) in [6, 6.07) is 13.2. The number of hydrogen-bond acceptors (Lipinski definition) is 7. The number of nitrogen functional groups attached to an aromatic ring is 2. The summed E-state index contributed by atoms with van der Waals surface area (Å²) < 4.78 is 9.40. The Hall–Kier alpha value is -3.16. The van der Waals surface area contributed by atoms with Crippen LogP contribution in [-0.2, 0) is 24.9 Å². The minimum atomic E-state index is -0.514. The van der Waals surface area contributed by atoms with Crippen LogP contribution in [0.2, 0.25) is 5.15 Å². The van der Waals surface area contributed by atoms with Crippen molar-refractivity contribution < 1.29 is 43.2 Å². The number of amides is 1. The van der Waals surface area contributed by atoms with E-state index in [1.807, 2.05) is 35.9 Å². The van der Waals surface area contributed by atoms with E-state index in [1.165, 1.54) is 0 Å². The van der Waals surface area contributed by atoms with Gasteiger partial charge in [0.05, 0.1) is 13.7 Å². The van der Waals surface area contributed by atoms with Gasteiger partial charge in [-0.25, -0.2) is 19.1 Å². The second-order valence-corrected chi connectivity index (χ2v) is 8.04. The molecule has 0 fully saturated rings. The lowest BCUT2D eigenvalue weighted by atomic mass is 10.0. The first-order valence-corrected chi connectivity index (χ1v) is 10.8. The zero-order valence-corrected chi connectivity index (χ0v) is 22.0. The fraction of sp³-hybridized carbons (Fsp3) is 0.217. The summed E-state index contributed by atoms with van der Waals surface area (Å²) in [5, 5.41) is 12.4. The number of nitrogens with one attached hydrogen (secondary N) is 1. The number of halogens is 2. The smallest absolute Gasteiger partial charge is 0.277 e. The molecule has 4 rings (SSSR count). The number of anilines is 2. The summed E-state index contributed by atoms with van der Waals surface area (Å²) >= 11 is 5.91. The molecular formula is C23H25ClIN7O3. The van der Waals surface area contributed by atoms with Crippen molar-refractivity contribution >= 4 is 40.2 Å². The van der Waals surface area contributed by atoms with E-state index in [9.17, 15) is 9.90 Å². The first-order valence-electron chi connectivity index (χ1n) is 10.5. The van der Waals surface area contributed by atoms with Crippen molar-refractivity contribution in [3.05, 3.63) is 59.1 Å². The van der Waals surface area contributed by atoms with Crippen LogP contribution in [0, 0.1) is 0 Å². The maximum atomic E-state index is 12.8. The van der Waals surface area contributed by atoms with Gasteiger partial charge in [0.25, 0.3) is 11.7 Å². The Bertz CT molecular complexity index is 1380. The summed E-state index contributed by atoms with van der Waals surface area (Å²) in [4.78, 5) is 20.6. The number of hydrogen-bond donors (Lipinski definition) is 4. The summed E-state index contributed by atoms with van der Waals surface area (Å²) in [5.74, 6) is 0.414. The van der Waals surface area contributed by atoms with Gasteiger partial charge < -0.3 is 50.6 Å². The molecule has 4 aromatic rings. The van der Waals surface area contributed by atoms with E-state index in [2.05, 4.69) is 25.9 Å². The quantitative estimate of drug-likeness (QED) is 0.156. The Balaban J connectivity index is 0.00000342. The number of benzene rings is 2. The van der Waals surface area contributed by atoms with Crippen molar-refractivity contribution in [2.45, 2.75) is 13.1 Å². The number of phenols is 1. The van der Waals surface area contributed by atoms with E-state index in [4.69, 9.17) is 27.8 Å². The summed E-state index contributed by atoms with van der Waals surface area (Å²) in [6.07, 6.45) is 0. The average molecular weight is 610 g/mol. The molecule has 0 saturated carbocycles. The molecule has 0 aliphatic heterocycles. The van der Waals surface area contributed by atoms with Gasteiger partial charge in [0, 0.05) is 7.11 Å². The average Bonchev–Trinajstić information content (AvgIpc) is 3.09. The van der Waals surface area contributed by atoms with E-state index in [0.29, 0.717) is 13.2 Å². The van der Waals surface area contributed by atoms with Gasteiger partial charge in [0.2, 0.25) is 0 Å². The lowest BCUT2D eigenvalue weighted by Crippen LogP contribution is -3.00. The molecule has 0 bridgehead atoms. The van der Waals surface area contributed by atoms with E-state index in [1.54, 1.807) is 19.2 Å². The third-order valence-corrected chi connectivity index (χ3v) is 5.85. The molecule has 2 aromatic heterocycles. The van der Waals surface area contributed by atoms with Crippen LogP contribution >= 0.6 is 11.6 Å². The lowest BCUT2D eigenvalue weighted by Gasteiger charge is -2.08. The number of rotatable bonds is 7. The van der Waals surface area contributed by atoms with Gasteiger partial charge in [-0.05, 0) is 41.5 Å². The zero-order valence-electron chi connectivity index (χ0n) is 19.1. The molecular weight excluding hydrogens is 585 g/mol. The third kappa shape index (κ3) is 5.41. The van der Waals surface area contributed by atoms with E-state index >= 15 is 0 Å². The number of nitrogens with two attached hydrogens (primary N) is 2. The number of fused-ring (bicyclic) bond motifs is 1. The fourth-order valence-corrected chi connectivity index (χ4v) is 3.94. The number of nitrogens with zero attached hydrogens (tertiary/aromatic N) is 4. The molecule has 0 saturated heterocycles. The van der Waals surface area contributed by atoms with Crippen LogP contribution in [0.3, 0.4) is 0 Å². The molecule has 0 atom stereocenters. The predicted molar refractivity (Wildman–Crippen MR) is 129 cm³/mol. The minimum Gasteiger partial charge on any atom is -1.00 e. The Labute approximate surface area is 223 Å². The zero-order chi connectivity index (χ0) is 24.4. The van der Waals surface area contributed by atoms with Gasteiger partial charge in [-0.2, -0.15) is 0 Å². The van der Waals surface area contributed by atoms with Crippen LogP contribution in [0.1, 0.15) is 16.3 Å². The predicted octanol–water partition coefficient (Wildman–Crippen LogP) is -0.973. The maximum Gasteiger partial charge on any atom is 0.277 e. The van der Waals surface area contributed by atoms with Crippen molar-refractivity contribution in [1.29, 1.82) is 0 Å². The SMILES string of the molecule is COCC[n+]1c(CNC(=O)c2nc(Cl)c(N)nc2N)n(C)c2cc(-c3ccc(O)cc3)ccc21.[I-]. The number of aromatic hydroxyl groups is 1. The molecule has 10 nitrogen and oxygen atoms in total. The van der Waals surface area contributed by atoms with Crippen LogP contribution in [0.4, 0.5) is 11.6 Å². The number of imidazole rings is 1. The molecule has 6 N–H and O–H groups in total. The number of aryl methyl sites for hydroxylation is 1. The van der Waals surface area contributed by atoms with Crippen LogP contribution in [0.15, 0.2) is 42.5 Å². The van der Waals surface area contributed by atoms with Gasteiger partial charge in [-0.3, -0.25) is 4.79 Å². The third-order valence-electron chi connectivity index (χ3n) is 5.57. The minimum absolute atomic E-state index is 0. The molecule has 0 aliphatic carbocycles. The molecule has 0 radical (unpaired) electrons. The number of ether oxygens (including phenoxy) is 1. The molecule has 12 heteroatoms.